The van der Waals surface area contributed by atoms with Gasteiger partial charge in [-0.3, -0.25) is 0 Å². The molecule has 0 aliphatic heterocycles. The number of rotatable bonds is 1. The fourth-order valence-corrected chi connectivity index (χ4v) is 1.03. The molecule has 0 unspecified atom stereocenters. The van der Waals surface area contributed by atoms with Gasteiger partial charge < -0.3 is 0 Å². The van der Waals surface area contributed by atoms with E-state index in [1.165, 1.54) is 0 Å². The Morgan fingerprint density at radius 3 is 2.86 bits per heavy atom. The Morgan fingerprint density at radius 2 is 2.57 bits per heavy atom. The zero-order valence-corrected chi connectivity index (χ0v) is 6.03. The summed E-state index contributed by atoms with van der Waals surface area (Å²) in [5.74, 6) is 0. The minimum absolute atomic E-state index is 0.0900. The van der Waals surface area contributed by atoms with Gasteiger partial charge in [-0.05, 0) is 0 Å². The van der Waals surface area contributed by atoms with Crippen molar-refractivity contribution in [3.63, 3.8) is 0 Å². The molecule has 1 aromatic heterocycles. The second-order valence-electron chi connectivity index (χ2n) is 0.953. The summed E-state index contributed by atoms with van der Waals surface area (Å²) in [6.45, 7) is 0. The molecule has 0 saturated carbocycles. The first-order valence-electron chi connectivity index (χ1n) is 1.78. The molecule has 0 saturated heterocycles. The molecule has 0 aliphatic rings. The van der Waals surface area contributed by atoms with Crippen molar-refractivity contribution in [2.75, 3.05) is 4.93 Å². The maximum atomic E-state index is 3.89. The van der Waals surface area contributed by atoms with Crippen LogP contribution in [0.15, 0.2) is 12.7 Å². The first kappa shape index (κ1) is 5.02. The van der Waals surface area contributed by atoms with Crippen molar-refractivity contribution in [2.45, 2.75) is 0 Å². The van der Waals surface area contributed by atoms with Crippen LogP contribution in [0.1, 0.15) is 0 Å². The summed E-state index contributed by atoms with van der Waals surface area (Å²) in [5.41, 5.74) is 0. The van der Waals surface area contributed by atoms with Gasteiger partial charge in [-0.25, -0.2) is 0 Å². The van der Waals surface area contributed by atoms with E-state index in [-0.39, 0.29) is 21.5 Å². The van der Waals surface area contributed by atoms with E-state index < -0.39 is 0 Å². The zero-order valence-electron chi connectivity index (χ0n) is 3.87. The second-order valence-corrected chi connectivity index (χ2v) is 2.91. The number of halogens is 1. The van der Waals surface area contributed by atoms with Crippen LogP contribution in [0.3, 0.4) is 0 Å². The van der Waals surface area contributed by atoms with Gasteiger partial charge in [0, 0.05) is 0 Å². The summed E-state index contributed by atoms with van der Waals surface area (Å²) in [7, 11) is 0. The van der Waals surface area contributed by atoms with Gasteiger partial charge in [0.1, 0.15) is 0 Å². The van der Waals surface area contributed by atoms with Crippen LogP contribution in [0, 0.1) is 0 Å². The Balaban J connectivity index is 2.76. The molecule has 0 aliphatic carbocycles. The van der Waals surface area contributed by atoms with Crippen molar-refractivity contribution < 1.29 is 21.5 Å². The molecule has 0 bridgehead atoms. The summed E-state index contributed by atoms with van der Waals surface area (Å²) in [6, 6.07) is 0. The van der Waals surface area contributed by atoms with Gasteiger partial charge in [-0.15, -0.1) is 0 Å². The second kappa shape index (κ2) is 2.25. The van der Waals surface area contributed by atoms with Crippen molar-refractivity contribution in [3.05, 3.63) is 12.7 Å². The molecule has 7 heavy (non-hydrogen) atoms. The molecule has 0 aromatic carbocycles. The number of nitrogens with zero attached hydrogens (tertiary/aromatic N) is 3. The Hall–Kier alpha value is -0.130. The first-order chi connectivity index (χ1) is 3.43. The number of alkyl halides is 1. The Labute approximate surface area is 52.4 Å². The summed E-state index contributed by atoms with van der Waals surface area (Å²) >= 11 is 0.0900. The van der Waals surface area contributed by atoms with Crippen LogP contribution in [0.2, 0.25) is 0 Å². The van der Waals surface area contributed by atoms with Crippen LogP contribution in [-0.4, -0.2) is 17.9 Å². The average Bonchev–Trinajstić information content (AvgIpc) is 2.14. The summed E-state index contributed by atoms with van der Waals surface area (Å²) < 4.78 is 1.87. The van der Waals surface area contributed by atoms with Gasteiger partial charge >= 0.3 is 52.0 Å². The van der Waals surface area contributed by atoms with Crippen molar-refractivity contribution >= 4 is 0 Å². The van der Waals surface area contributed by atoms with Crippen molar-refractivity contribution in [1.29, 1.82) is 0 Å². The van der Waals surface area contributed by atoms with E-state index in [4.69, 9.17) is 0 Å². The summed E-state index contributed by atoms with van der Waals surface area (Å²) in [4.78, 5) is 5.90. The third-order valence-electron chi connectivity index (χ3n) is 0.564. The molecule has 0 fully saturated rings. The number of aromatic nitrogens is 3. The van der Waals surface area contributed by atoms with Crippen molar-refractivity contribution in [2.24, 2.45) is 0 Å². The van der Waals surface area contributed by atoms with E-state index >= 15 is 0 Å². The molecular formula is C3H5IN3-. The van der Waals surface area contributed by atoms with Gasteiger partial charge in [0.15, 0.2) is 0 Å². The molecule has 0 amide bonds. The van der Waals surface area contributed by atoms with E-state index in [0.29, 0.717) is 0 Å². The van der Waals surface area contributed by atoms with Crippen LogP contribution in [0.5, 0.6) is 0 Å². The van der Waals surface area contributed by atoms with Gasteiger partial charge in [0.05, 0.1) is 0 Å². The third kappa shape index (κ3) is 1.12. The SMILES string of the molecule is C[I-]n1cncn1. The quantitative estimate of drug-likeness (QED) is 0.360. The molecule has 1 rings (SSSR count). The molecule has 3 nitrogen and oxygen atoms in total. The van der Waals surface area contributed by atoms with E-state index in [0.717, 1.165) is 0 Å². The van der Waals surface area contributed by atoms with Crippen LogP contribution in [-0.2, 0) is 0 Å². The van der Waals surface area contributed by atoms with Crippen molar-refractivity contribution in [1.82, 2.24) is 13.0 Å². The molecule has 0 N–H and O–H groups in total. The van der Waals surface area contributed by atoms with Crippen LogP contribution >= 0.6 is 0 Å². The van der Waals surface area contributed by atoms with E-state index in [1.807, 2.05) is 2.90 Å². The first-order valence-corrected chi connectivity index (χ1v) is 4.90. The Bertz CT molecular complexity index is 125. The van der Waals surface area contributed by atoms with Gasteiger partial charge in [0.25, 0.3) is 0 Å². The minimum atomic E-state index is 0.0900. The predicted molar refractivity (Wildman–Crippen MR) is 21.3 cm³/mol. The van der Waals surface area contributed by atoms with E-state index in [1.54, 1.807) is 12.7 Å². The number of hydrogen-bond donors (Lipinski definition) is 0. The van der Waals surface area contributed by atoms with Crippen LogP contribution < -0.4 is 21.5 Å². The van der Waals surface area contributed by atoms with Crippen molar-refractivity contribution in [3.8, 4) is 0 Å². The third-order valence-corrected chi connectivity index (χ3v) is 2.05. The molecule has 40 valence electrons. The fourth-order valence-electron chi connectivity index (χ4n) is 0.281. The molecule has 1 heterocycles. The molecule has 0 atom stereocenters. The predicted octanol–water partition coefficient (Wildman–Crippen LogP) is -3.24. The van der Waals surface area contributed by atoms with Gasteiger partial charge in [-0.1, -0.05) is 0 Å². The molecular weight excluding hydrogens is 205 g/mol. The van der Waals surface area contributed by atoms with Gasteiger partial charge in [-0.2, -0.15) is 0 Å². The Morgan fingerprint density at radius 1 is 1.71 bits per heavy atom. The summed E-state index contributed by atoms with van der Waals surface area (Å²) in [5, 5.41) is 3.89. The fraction of sp³-hybridized carbons (Fsp3) is 0.333. The van der Waals surface area contributed by atoms with Gasteiger partial charge in [0.2, 0.25) is 0 Å². The monoisotopic (exact) mass is 210 g/mol. The molecule has 4 heteroatoms. The number of hydrogen-bond acceptors (Lipinski definition) is 2. The maximum absolute atomic E-state index is 3.89. The normalized spacial score (nSPS) is 9.86. The molecule has 1 aromatic rings. The standard InChI is InChI=1S/C3H5IN3/c1-4-7-3-5-2-6-7/h2-3H,1H3/q-1. The van der Waals surface area contributed by atoms with E-state index in [9.17, 15) is 0 Å². The van der Waals surface area contributed by atoms with Crippen LogP contribution in [0.4, 0.5) is 0 Å². The zero-order chi connectivity index (χ0) is 5.11. The molecule has 0 radical (unpaired) electrons. The van der Waals surface area contributed by atoms with Crippen LogP contribution in [0.25, 0.3) is 0 Å². The Kier molecular flexibility index (Phi) is 1.61. The average molecular weight is 210 g/mol. The summed E-state index contributed by atoms with van der Waals surface area (Å²) in [6.07, 6.45) is 3.30. The topological polar surface area (TPSA) is 30.7 Å². The molecule has 0 spiro atoms. The van der Waals surface area contributed by atoms with E-state index in [2.05, 4.69) is 15.0 Å².